The molecule has 1 aromatic heterocycles. The zero-order valence-corrected chi connectivity index (χ0v) is 12.6. The van der Waals surface area contributed by atoms with Crippen molar-refractivity contribution in [2.45, 2.75) is 0 Å². The smallest absolute Gasteiger partial charge is 0.363 e. The Balaban J connectivity index is 1.95. The third kappa shape index (κ3) is 2.84. The first-order valence-electron chi connectivity index (χ1n) is 6.07. The monoisotopic (exact) mass is 319 g/mol. The topological polar surface area (TPSA) is 47.9 Å². The summed E-state index contributed by atoms with van der Waals surface area (Å²) in [7, 11) is 1.56. The van der Waals surface area contributed by atoms with E-state index in [4.69, 9.17) is 21.1 Å². The molecule has 0 amide bonds. The zero-order chi connectivity index (χ0) is 14.8. The average molecular weight is 320 g/mol. The Morgan fingerprint density at radius 2 is 2.24 bits per heavy atom. The van der Waals surface area contributed by atoms with Gasteiger partial charge in [0.25, 0.3) is 0 Å². The molecule has 0 radical (unpaired) electrons. The Kier molecular flexibility index (Phi) is 3.77. The van der Waals surface area contributed by atoms with Gasteiger partial charge in [-0.3, -0.25) is 0 Å². The highest BCUT2D eigenvalue weighted by molar-refractivity contribution is 7.10. The van der Waals surface area contributed by atoms with Crippen LogP contribution in [0.1, 0.15) is 10.4 Å². The molecule has 0 unspecified atom stereocenters. The van der Waals surface area contributed by atoms with Gasteiger partial charge in [-0.2, -0.15) is 0 Å². The second-order valence-electron chi connectivity index (χ2n) is 4.20. The SMILES string of the molecule is COc1ccc(C2=N/C(=C\c3cccs3)C(=O)O2)c(Cl)c1. The van der Waals surface area contributed by atoms with Crippen LogP contribution in [0.4, 0.5) is 0 Å². The number of halogens is 1. The molecule has 2 aromatic rings. The van der Waals surface area contributed by atoms with Crippen molar-refractivity contribution in [2.75, 3.05) is 7.11 Å². The van der Waals surface area contributed by atoms with E-state index in [-0.39, 0.29) is 11.6 Å². The largest absolute Gasteiger partial charge is 0.497 e. The van der Waals surface area contributed by atoms with Crippen molar-refractivity contribution in [3.05, 3.63) is 56.9 Å². The average Bonchev–Trinajstić information content (AvgIpc) is 3.10. The van der Waals surface area contributed by atoms with Crippen LogP contribution in [0.15, 0.2) is 46.4 Å². The minimum absolute atomic E-state index is 0.204. The molecule has 0 bridgehead atoms. The van der Waals surface area contributed by atoms with Crippen molar-refractivity contribution >= 4 is 40.9 Å². The normalized spacial score (nSPS) is 16.0. The Morgan fingerprint density at radius 1 is 1.38 bits per heavy atom. The molecular weight excluding hydrogens is 310 g/mol. The van der Waals surface area contributed by atoms with Crippen LogP contribution < -0.4 is 4.74 Å². The van der Waals surface area contributed by atoms with E-state index >= 15 is 0 Å². The van der Waals surface area contributed by atoms with Gasteiger partial charge in [-0.1, -0.05) is 17.7 Å². The van der Waals surface area contributed by atoms with Gasteiger partial charge in [-0.15, -0.1) is 11.3 Å². The Bertz CT molecular complexity index is 750. The lowest BCUT2D eigenvalue weighted by Crippen LogP contribution is -2.06. The third-order valence-corrected chi connectivity index (χ3v) is 3.98. The molecule has 2 heterocycles. The molecule has 4 nitrogen and oxygen atoms in total. The molecule has 3 rings (SSSR count). The van der Waals surface area contributed by atoms with Crippen molar-refractivity contribution in [3.63, 3.8) is 0 Å². The molecule has 0 N–H and O–H groups in total. The maximum Gasteiger partial charge on any atom is 0.363 e. The summed E-state index contributed by atoms with van der Waals surface area (Å²) in [5.41, 5.74) is 0.819. The zero-order valence-electron chi connectivity index (χ0n) is 11.0. The highest BCUT2D eigenvalue weighted by atomic mass is 35.5. The Hall–Kier alpha value is -2.11. The van der Waals surface area contributed by atoms with Crippen molar-refractivity contribution in [1.29, 1.82) is 0 Å². The van der Waals surface area contributed by atoms with Gasteiger partial charge < -0.3 is 9.47 Å². The molecule has 6 heteroatoms. The number of thiophene rings is 1. The number of carbonyl (C=O) groups excluding carboxylic acids is 1. The summed E-state index contributed by atoms with van der Waals surface area (Å²) in [5.74, 6) is 0.351. The van der Waals surface area contributed by atoms with E-state index in [2.05, 4.69) is 4.99 Å². The number of methoxy groups -OCH3 is 1. The van der Waals surface area contributed by atoms with Crippen LogP contribution in [0.25, 0.3) is 6.08 Å². The minimum Gasteiger partial charge on any atom is -0.497 e. The van der Waals surface area contributed by atoms with E-state index < -0.39 is 5.97 Å². The quantitative estimate of drug-likeness (QED) is 0.639. The van der Waals surface area contributed by atoms with Crippen LogP contribution in [-0.4, -0.2) is 19.0 Å². The predicted molar refractivity (Wildman–Crippen MR) is 82.9 cm³/mol. The summed E-state index contributed by atoms with van der Waals surface area (Å²) in [6, 6.07) is 8.90. The second-order valence-corrected chi connectivity index (χ2v) is 5.58. The van der Waals surface area contributed by atoms with Crippen LogP contribution in [0.5, 0.6) is 5.75 Å². The molecule has 21 heavy (non-hydrogen) atoms. The molecular formula is C15H10ClNO3S. The van der Waals surface area contributed by atoms with Gasteiger partial charge in [-0.25, -0.2) is 9.79 Å². The molecule has 0 aliphatic carbocycles. The fourth-order valence-corrected chi connectivity index (χ4v) is 2.73. The lowest BCUT2D eigenvalue weighted by atomic mass is 10.2. The summed E-state index contributed by atoms with van der Waals surface area (Å²) < 4.78 is 10.3. The number of rotatable bonds is 3. The highest BCUT2D eigenvalue weighted by Gasteiger charge is 2.25. The highest BCUT2D eigenvalue weighted by Crippen LogP contribution is 2.27. The van der Waals surface area contributed by atoms with Gasteiger partial charge in [0, 0.05) is 4.88 Å². The lowest BCUT2D eigenvalue weighted by molar-refractivity contribution is -0.129. The van der Waals surface area contributed by atoms with E-state index in [1.807, 2.05) is 17.5 Å². The number of hydrogen-bond acceptors (Lipinski definition) is 5. The maximum atomic E-state index is 11.9. The summed E-state index contributed by atoms with van der Waals surface area (Å²) in [6.45, 7) is 0. The number of aliphatic imine (C=N–C) groups is 1. The minimum atomic E-state index is -0.481. The maximum absolute atomic E-state index is 11.9. The van der Waals surface area contributed by atoms with E-state index in [9.17, 15) is 4.79 Å². The van der Waals surface area contributed by atoms with Crippen LogP contribution in [0, 0.1) is 0 Å². The van der Waals surface area contributed by atoms with Crippen molar-refractivity contribution in [1.82, 2.24) is 0 Å². The molecule has 1 aromatic carbocycles. The van der Waals surface area contributed by atoms with Gasteiger partial charge in [0.2, 0.25) is 5.90 Å². The summed E-state index contributed by atoms with van der Waals surface area (Å²) >= 11 is 7.68. The van der Waals surface area contributed by atoms with Gasteiger partial charge in [-0.05, 0) is 35.7 Å². The first kappa shape index (κ1) is 13.9. The van der Waals surface area contributed by atoms with E-state index in [0.29, 0.717) is 16.3 Å². The van der Waals surface area contributed by atoms with Gasteiger partial charge in [0.15, 0.2) is 5.70 Å². The number of ether oxygens (including phenoxy) is 2. The molecule has 1 aliphatic rings. The molecule has 0 spiro atoms. The summed E-state index contributed by atoms with van der Waals surface area (Å²) in [5, 5.41) is 2.34. The summed E-state index contributed by atoms with van der Waals surface area (Å²) in [6.07, 6.45) is 1.69. The Morgan fingerprint density at radius 3 is 2.90 bits per heavy atom. The molecule has 0 saturated carbocycles. The Labute approximate surface area is 130 Å². The predicted octanol–water partition coefficient (Wildman–Crippen LogP) is 3.75. The van der Waals surface area contributed by atoms with Gasteiger partial charge in [0.1, 0.15) is 5.75 Å². The standard InChI is InChI=1S/C15H10ClNO3S/c1-19-9-4-5-11(12(16)7-9)14-17-13(15(18)20-14)8-10-3-2-6-21-10/h2-8H,1H3/b13-8-. The van der Waals surface area contributed by atoms with E-state index in [1.54, 1.807) is 31.4 Å². The first-order valence-corrected chi connectivity index (χ1v) is 7.33. The van der Waals surface area contributed by atoms with Crippen LogP contribution in [0.3, 0.4) is 0 Å². The van der Waals surface area contributed by atoms with Crippen molar-refractivity contribution in [3.8, 4) is 5.75 Å². The molecule has 0 fully saturated rings. The van der Waals surface area contributed by atoms with E-state index in [0.717, 1.165) is 4.88 Å². The van der Waals surface area contributed by atoms with Crippen molar-refractivity contribution < 1.29 is 14.3 Å². The fourth-order valence-electron chi connectivity index (χ4n) is 1.83. The van der Waals surface area contributed by atoms with Crippen LogP contribution >= 0.6 is 22.9 Å². The fraction of sp³-hybridized carbons (Fsp3) is 0.0667. The van der Waals surface area contributed by atoms with E-state index in [1.165, 1.54) is 11.3 Å². The van der Waals surface area contributed by atoms with Gasteiger partial charge >= 0.3 is 5.97 Å². The molecule has 0 atom stereocenters. The van der Waals surface area contributed by atoms with Crippen molar-refractivity contribution in [2.24, 2.45) is 4.99 Å². The summed E-state index contributed by atoms with van der Waals surface area (Å²) in [4.78, 5) is 17.0. The molecule has 1 aliphatic heterocycles. The molecule has 106 valence electrons. The second kappa shape index (κ2) is 5.71. The third-order valence-electron chi connectivity index (χ3n) is 2.85. The number of benzene rings is 1. The first-order chi connectivity index (χ1) is 10.2. The number of nitrogens with zero attached hydrogens (tertiary/aromatic N) is 1. The van der Waals surface area contributed by atoms with Crippen LogP contribution in [0.2, 0.25) is 5.02 Å². The number of hydrogen-bond donors (Lipinski definition) is 0. The van der Waals surface area contributed by atoms with Crippen LogP contribution in [-0.2, 0) is 9.53 Å². The number of cyclic esters (lactones) is 1. The molecule has 0 saturated heterocycles. The number of carbonyl (C=O) groups is 1. The lowest BCUT2D eigenvalue weighted by Gasteiger charge is -2.05. The van der Waals surface area contributed by atoms with Gasteiger partial charge in [0.05, 0.1) is 17.7 Å². The number of esters is 1.